The molecule has 3 nitrogen and oxygen atoms in total. The molecule has 0 amide bonds. The zero-order valence-electron chi connectivity index (χ0n) is 15.4. The number of rotatable bonds is 10. The van der Waals surface area contributed by atoms with Crippen LogP contribution >= 0.6 is 0 Å². The van der Waals surface area contributed by atoms with Gasteiger partial charge in [-0.25, -0.2) is 0 Å². The molecule has 0 radical (unpaired) electrons. The highest BCUT2D eigenvalue weighted by atomic mass is 19.4. The summed E-state index contributed by atoms with van der Waals surface area (Å²) in [6, 6.07) is 5.77. The smallest absolute Gasteiger partial charge is 0.340 e. The van der Waals surface area contributed by atoms with Crippen LogP contribution in [-0.2, 0) is 12.7 Å². The van der Waals surface area contributed by atoms with Crippen molar-refractivity contribution in [3.05, 3.63) is 35.4 Å². The summed E-state index contributed by atoms with van der Waals surface area (Å²) in [7, 11) is 8.51. The van der Waals surface area contributed by atoms with Crippen molar-refractivity contribution in [2.24, 2.45) is 0 Å². The largest absolute Gasteiger partial charge is 0.416 e. The highest BCUT2D eigenvalue weighted by Gasteiger charge is 2.30. The topological polar surface area (TPSA) is 13.3 Å². The molecule has 1 aromatic carbocycles. The second kappa shape index (κ2) is 10.0. The van der Waals surface area contributed by atoms with Gasteiger partial charge in [0.25, 0.3) is 0 Å². The SMILES string of the molecule is C[NH+](C)CCC[NH+](CCC[NH+](C)C)Cc1cccc(C(F)(F)F)c1. The Labute approximate surface area is 144 Å². The molecule has 0 aliphatic carbocycles. The zero-order chi connectivity index (χ0) is 18.2. The van der Waals surface area contributed by atoms with E-state index >= 15 is 0 Å². The maximum Gasteiger partial charge on any atom is 0.416 e. The molecule has 138 valence electrons. The van der Waals surface area contributed by atoms with Crippen LogP contribution in [0.4, 0.5) is 13.2 Å². The molecule has 0 aromatic heterocycles. The molecule has 24 heavy (non-hydrogen) atoms. The van der Waals surface area contributed by atoms with Gasteiger partial charge in [-0.2, -0.15) is 13.2 Å². The van der Waals surface area contributed by atoms with Crippen LogP contribution in [-0.4, -0.2) is 54.4 Å². The van der Waals surface area contributed by atoms with Crippen LogP contribution in [0.3, 0.4) is 0 Å². The maximum atomic E-state index is 12.9. The van der Waals surface area contributed by atoms with Crippen molar-refractivity contribution in [2.75, 3.05) is 54.4 Å². The van der Waals surface area contributed by atoms with Gasteiger partial charge in [0.05, 0.1) is 59.9 Å². The molecule has 0 spiro atoms. The summed E-state index contributed by atoms with van der Waals surface area (Å²) < 4.78 is 38.6. The third-order valence-corrected chi connectivity index (χ3v) is 4.12. The molecule has 3 N–H and O–H groups in total. The lowest BCUT2D eigenvalue weighted by Gasteiger charge is -2.21. The standard InChI is InChI=1S/C18H30F3N3/c1-22(2)10-6-12-24(13-7-11-23(3)4)15-16-8-5-9-17(14-16)18(19,20)21/h5,8-9,14H,6-7,10-13,15H2,1-4H3/p+3. The van der Waals surface area contributed by atoms with E-state index in [4.69, 9.17) is 0 Å². The van der Waals surface area contributed by atoms with E-state index < -0.39 is 11.7 Å². The fourth-order valence-electron chi connectivity index (χ4n) is 2.83. The Hall–Kier alpha value is -1.11. The van der Waals surface area contributed by atoms with Gasteiger partial charge in [-0.3, -0.25) is 0 Å². The van der Waals surface area contributed by atoms with Crippen molar-refractivity contribution in [1.82, 2.24) is 0 Å². The Morgan fingerprint density at radius 3 is 1.83 bits per heavy atom. The van der Waals surface area contributed by atoms with E-state index in [1.807, 2.05) is 6.07 Å². The first-order chi connectivity index (χ1) is 11.2. The number of hydrogen-bond donors (Lipinski definition) is 3. The van der Waals surface area contributed by atoms with Crippen molar-refractivity contribution in [3.63, 3.8) is 0 Å². The summed E-state index contributed by atoms with van der Waals surface area (Å²) in [5.41, 5.74) is 0.226. The van der Waals surface area contributed by atoms with Crippen LogP contribution in [0, 0.1) is 0 Å². The minimum atomic E-state index is -4.27. The first-order valence-corrected chi connectivity index (χ1v) is 8.76. The molecule has 0 fully saturated rings. The van der Waals surface area contributed by atoms with Crippen LogP contribution in [0.2, 0.25) is 0 Å². The van der Waals surface area contributed by atoms with Gasteiger partial charge in [0.15, 0.2) is 0 Å². The van der Waals surface area contributed by atoms with Crippen LogP contribution in [0.15, 0.2) is 24.3 Å². The summed E-state index contributed by atoms with van der Waals surface area (Å²) in [5.74, 6) is 0. The predicted molar refractivity (Wildman–Crippen MR) is 90.4 cm³/mol. The molecular weight excluding hydrogens is 315 g/mol. The molecule has 0 atom stereocenters. The third kappa shape index (κ3) is 8.66. The molecule has 0 saturated heterocycles. The second-order valence-electron chi connectivity index (χ2n) is 7.25. The lowest BCUT2D eigenvalue weighted by atomic mass is 10.1. The van der Waals surface area contributed by atoms with Gasteiger partial charge in [-0.05, 0) is 12.1 Å². The van der Waals surface area contributed by atoms with Gasteiger partial charge in [0.1, 0.15) is 6.54 Å². The van der Waals surface area contributed by atoms with E-state index in [9.17, 15) is 13.2 Å². The maximum absolute atomic E-state index is 12.9. The van der Waals surface area contributed by atoms with Crippen molar-refractivity contribution in [2.45, 2.75) is 25.6 Å². The number of quaternary nitrogens is 3. The fourth-order valence-corrected chi connectivity index (χ4v) is 2.83. The molecule has 1 rings (SSSR count). The minimum absolute atomic E-state index is 0.546. The minimum Gasteiger partial charge on any atom is -0.340 e. The zero-order valence-corrected chi connectivity index (χ0v) is 15.4. The molecular formula is C18H33F3N3+3. The average molecular weight is 348 g/mol. The first-order valence-electron chi connectivity index (χ1n) is 8.76. The number of hydrogen-bond acceptors (Lipinski definition) is 0. The van der Waals surface area contributed by atoms with Gasteiger partial charge in [0, 0.05) is 18.4 Å². The van der Waals surface area contributed by atoms with Gasteiger partial charge >= 0.3 is 6.18 Å². The van der Waals surface area contributed by atoms with Crippen molar-refractivity contribution < 1.29 is 27.9 Å². The monoisotopic (exact) mass is 348 g/mol. The van der Waals surface area contributed by atoms with Crippen LogP contribution < -0.4 is 14.7 Å². The van der Waals surface area contributed by atoms with E-state index in [0.29, 0.717) is 6.54 Å². The molecule has 0 saturated carbocycles. The van der Waals surface area contributed by atoms with E-state index in [1.165, 1.54) is 26.8 Å². The van der Waals surface area contributed by atoms with Crippen molar-refractivity contribution in [3.8, 4) is 0 Å². The molecule has 0 unspecified atom stereocenters. The Kier molecular flexibility index (Phi) is 8.73. The van der Waals surface area contributed by atoms with E-state index in [0.717, 1.165) is 50.7 Å². The molecule has 0 aliphatic heterocycles. The van der Waals surface area contributed by atoms with Crippen LogP contribution in [0.1, 0.15) is 24.0 Å². The van der Waals surface area contributed by atoms with Gasteiger partial charge in [-0.1, -0.05) is 12.1 Å². The number of nitrogens with one attached hydrogen (secondary N) is 3. The normalized spacial score (nSPS) is 12.6. The predicted octanol–water partition coefficient (Wildman–Crippen LogP) is -0.840. The second-order valence-corrected chi connectivity index (χ2v) is 7.25. The molecule has 0 heterocycles. The highest BCUT2D eigenvalue weighted by molar-refractivity contribution is 5.24. The molecule has 1 aromatic rings. The van der Waals surface area contributed by atoms with Crippen LogP contribution in [0.25, 0.3) is 0 Å². The van der Waals surface area contributed by atoms with Gasteiger partial charge < -0.3 is 14.7 Å². The summed E-state index contributed by atoms with van der Waals surface area (Å²) in [4.78, 5) is 4.19. The number of benzene rings is 1. The van der Waals surface area contributed by atoms with Crippen molar-refractivity contribution >= 4 is 0 Å². The summed E-state index contributed by atoms with van der Waals surface area (Å²) in [6.07, 6.45) is -2.09. The quantitative estimate of drug-likeness (QED) is 0.488. The highest BCUT2D eigenvalue weighted by Crippen LogP contribution is 2.29. The lowest BCUT2D eigenvalue weighted by molar-refractivity contribution is -0.925. The molecule has 0 bridgehead atoms. The summed E-state index contributed by atoms with van der Waals surface area (Å²) in [5, 5.41) is 0. The number of halogens is 3. The Morgan fingerprint density at radius 2 is 1.38 bits per heavy atom. The average Bonchev–Trinajstić information content (AvgIpc) is 2.45. The molecule has 6 heteroatoms. The Morgan fingerprint density at radius 1 is 0.833 bits per heavy atom. The number of alkyl halides is 3. The van der Waals surface area contributed by atoms with Gasteiger partial charge in [0.2, 0.25) is 0 Å². The van der Waals surface area contributed by atoms with Crippen LogP contribution in [0.5, 0.6) is 0 Å². The van der Waals surface area contributed by atoms with E-state index in [1.54, 1.807) is 0 Å². The molecule has 0 aliphatic rings. The summed E-state index contributed by atoms with van der Waals surface area (Å²) >= 11 is 0. The Balaban J connectivity index is 2.68. The first kappa shape index (κ1) is 20.9. The van der Waals surface area contributed by atoms with Gasteiger partial charge in [-0.15, -0.1) is 0 Å². The summed E-state index contributed by atoms with van der Waals surface area (Å²) in [6.45, 7) is 4.85. The van der Waals surface area contributed by atoms with E-state index in [-0.39, 0.29) is 0 Å². The Bertz CT molecular complexity index is 459. The van der Waals surface area contributed by atoms with Crippen molar-refractivity contribution in [1.29, 1.82) is 0 Å². The fraction of sp³-hybridized carbons (Fsp3) is 0.667. The third-order valence-electron chi connectivity index (χ3n) is 4.12. The lowest BCUT2D eigenvalue weighted by Crippen LogP contribution is -3.13. The van der Waals surface area contributed by atoms with E-state index in [2.05, 4.69) is 28.2 Å².